The fraction of sp³-hybridized carbons (Fsp3) is 0.381. The Balaban J connectivity index is 1.72. The van der Waals surface area contributed by atoms with E-state index in [1.54, 1.807) is 19.2 Å². The highest BCUT2D eigenvalue weighted by Gasteiger charge is 2.25. The summed E-state index contributed by atoms with van der Waals surface area (Å²) < 4.78 is 5.24. The molecule has 5 heteroatoms. The van der Waals surface area contributed by atoms with Crippen LogP contribution in [0.5, 0.6) is 11.5 Å². The largest absolute Gasteiger partial charge is 0.508 e. The number of guanidine groups is 1. The minimum atomic E-state index is 0.244. The molecule has 1 heterocycles. The lowest BCUT2D eigenvalue weighted by Gasteiger charge is -2.22. The number of phenolic OH excluding ortho intramolecular Hbond substituents is 1. The molecule has 1 aliphatic rings. The van der Waals surface area contributed by atoms with E-state index in [2.05, 4.69) is 47.5 Å². The zero-order valence-corrected chi connectivity index (χ0v) is 15.5. The molecule has 2 aromatic carbocycles. The molecule has 0 saturated carbocycles. The first kappa shape index (κ1) is 18.1. The SMILES string of the molecule is CCNC(=NCc1cc(OC)ccc1O)N1CCC(c2ccccc2)C1. The Labute approximate surface area is 155 Å². The van der Waals surface area contributed by atoms with Gasteiger partial charge in [-0.3, -0.25) is 0 Å². The molecule has 0 spiro atoms. The van der Waals surface area contributed by atoms with Gasteiger partial charge in [0.25, 0.3) is 0 Å². The highest BCUT2D eigenvalue weighted by atomic mass is 16.5. The van der Waals surface area contributed by atoms with E-state index in [4.69, 9.17) is 9.73 Å². The number of phenols is 1. The number of methoxy groups -OCH3 is 1. The van der Waals surface area contributed by atoms with Gasteiger partial charge in [-0.05, 0) is 37.1 Å². The van der Waals surface area contributed by atoms with Crippen molar-refractivity contribution < 1.29 is 9.84 Å². The van der Waals surface area contributed by atoms with E-state index in [0.717, 1.165) is 43.3 Å². The number of hydrogen-bond acceptors (Lipinski definition) is 3. The van der Waals surface area contributed by atoms with Gasteiger partial charge in [0.05, 0.1) is 13.7 Å². The predicted octanol–water partition coefficient (Wildman–Crippen LogP) is 3.36. The molecule has 1 fully saturated rings. The molecule has 1 aliphatic heterocycles. The van der Waals surface area contributed by atoms with E-state index in [-0.39, 0.29) is 5.75 Å². The van der Waals surface area contributed by atoms with Crippen molar-refractivity contribution in [3.63, 3.8) is 0 Å². The number of aliphatic imine (C=N–C) groups is 1. The van der Waals surface area contributed by atoms with Crippen LogP contribution in [0.2, 0.25) is 0 Å². The van der Waals surface area contributed by atoms with E-state index >= 15 is 0 Å². The maximum absolute atomic E-state index is 10.1. The fourth-order valence-corrected chi connectivity index (χ4v) is 3.35. The summed E-state index contributed by atoms with van der Waals surface area (Å²) in [5, 5.41) is 13.4. The van der Waals surface area contributed by atoms with Gasteiger partial charge in [0.2, 0.25) is 0 Å². The number of ether oxygens (including phenoxy) is 1. The number of rotatable bonds is 5. The van der Waals surface area contributed by atoms with Gasteiger partial charge in [0.1, 0.15) is 11.5 Å². The van der Waals surface area contributed by atoms with Crippen LogP contribution in [0.4, 0.5) is 0 Å². The summed E-state index contributed by atoms with van der Waals surface area (Å²) in [7, 11) is 1.62. The number of nitrogens with zero attached hydrogens (tertiary/aromatic N) is 2. The first-order valence-electron chi connectivity index (χ1n) is 9.15. The van der Waals surface area contributed by atoms with Crippen molar-refractivity contribution in [2.24, 2.45) is 4.99 Å². The number of likely N-dealkylation sites (tertiary alicyclic amines) is 1. The first-order chi connectivity index (χ1) is 12.7. The van der Waals surface area contributed by atoms with Crippen LogP contribution in [0.25, 0.3) is 0 Å². The quantitative estimate of drug-likeness (QED) is 0.639. The van der Waals surface area contributed by atoms with Crippen molar-refractivity contribution in [1.29, 1.82) is 0 Å². The number of hydrogen-bond donors (Lipinski definition) is 2. The molecular weight excluding hydrogens is 326 g/mol. The normalized spacial score (nSPS) is 17.4. The Morgan fingerprint density at radius 2 is 2.08 bits per heavy atom. The van der Waals surface area contributed by atoms with E-state index < -0.39 is 0 Å². The Kier molecular flexibility index (Phi) is 6.00. The summed E-state index contributed by atoms with van der Waals surface area (Å²) in [5.74, 6) is 2.40. The summed E-state index contributed by atoms with van der Waals surface area (Å²) in [6.45, 7) is 5.24. The highest BCUT2D eigenvalue weighted by Crippen LogP contribution is 2.27. The van der Waals surface area contributed by atoms with Crippen LogP contribution in [-0.4, -0.2) is 42.7 Å². The monoisotopic (exact) mass is 353 g/mol. The molecular formula is C21H27N3O2. The van der Waals surface area contributed by atoms with Gasteiger partial charge < -0.3 is 20.1 Å². The molecule has 3 rings (SSSR count). The van der Waals surface area contributed by atoms with Gasteiger partial charge in [0.15, 0.2) is 5.96 Å². The van der Waals surface area contributed by atoms with E-state index in [0.29, 0.717) is 12.5 Å². The third kappa shape index (κ3) is 4.28. The second kappa shape index (κ2) is 8.61. The smallest absolute Gasteiger partial charge is 0.194 e. The molecule has 1 atom stereocenters. The molecule has 0 aliphatic carbocycles. The zero-order chi connectivity index (χ0) is 18.4. The van der Waals surface area contributed by atoms with Crippen LogP contribution in [-0.2, 0) is 6.54 Å². The van der Waals surface area contributed by atoms with Gasteiger partial charge in [-0.15, -0.1) is 0 Å². The van der Waals surface area contributed by atoms with Crippen LogP contribution in [0.15, 0.2) is 53.5 Å². The van der Waals surface area contributed by atoms with Crippen molar-refractivity contribution in [2.75, 3.05) is 26.7 Å². The average molecular weight is 353 g/mol. The van der Waals surface area contributed by atoms with Crippen molar-refractivity contribution in [2.45, 2.75) is 25.8 Å². The second-order valence-electron chi connectivity index (χ2n) is 6.51. The van der Waals surface area contributed by atoms with Crippen LogP contribution >= 0.6 is 0 Å². The molecule has 5 nitrogen and oxygen atoms in total. The summed E-state index contributed by atoms with van der Waals surface area (Å²) in [6, 6.07) is 15.9. The van der Waals surface area contributed by atoms with E-state index in [1.807, 2.05) is 6.07 Å². The topological polar surface area (TPSA) is 57.1 Å². The zero-order valence-electron chi connectivity index (χ0n) is 15.5. The lowest BCUT2D eigenvalue weighted by atomic mass is 9.99. The van der Waals surface area contributed by atoms with Crippen molar-refractivity contribution >= 4 is 5.96 Å². The Morgan fingerprint density at radius 1 is 1.27 bits per heavy atom. The Bertz CT molecular complexity index is 746. The molecule has 0 radical (unpaired) electrons. The maximum Gasteiger partial charge on any atom is 0.194 e. The highest BCUT2D eigenvalue weighted by molar-refractivity contribution is 5.80. The van der Waals surface area contributed by atoms with Gasteiger partial charge in [-0.25, -0.2) is 4.99 Å². The Morgan fingerprint density at radius 3 is 2.81 bits per heavy atom. The van der Waals surface area contributed by atoms with Crippen molar-refractivity contribution in [3.05, 3.63) is 59.7 Å². The lowest BCUT2D eigenvalue weighted by Crippen LogP contribution is -2.40. The molecule has 0 bridgehead atoms. The molecule has 138 valence electrons. The van der Waals surface area contributed by atoms with Crippen molar-refractivity contribution in [3.8, 4) is 11.5 Å². The summed E-state index contributed by atoms with van der Waals surface area (Å²) in [6.07, 6.45) is 1.12. The third-order valence-electron chi connectivity index (χ3n) is 4.78. The fourth-order valence-electron chi connectivity index (χ4n) is 3.35. The van der Waals surface area contributed by atoms with Crippen LogP contribution in [0.1, 0.15) is 30.4 Å². The van der Waals surface area contributed by atoms with E-state index in [9.17, 15) is 5.11 Å². The number of benzene rings is 2. The van der Waals surface area contributed by atoms with Crippen LogP contribution in [0.3, 0.4) is 0 Å². The van der Waals surface area contributed by atoms with Gasteiger partial charge in [-0.2, -0.15) is 0 Å². The lowest BCUT2D eigenvalue weighted by molar-refractivity contribution is 0.410. The Hall–Kier alpha value is -2.69. The molecule has 2 N–H and O–H groups in total. The molecule has 0 amide bonds. The summed E-state index contributed by atoms with van der Waals surface area (Å²) in [4.78, 5) is 7.05. The summed E-state index contributed by atoms with van der Waals surface area (Å²) >= 11 is 0. The van der Waals surface area contributed by atoms with Crippen molar-refractivity contribution in [1.82, 2.24) is 10.2 Å². The molecule has 2 aromatic rings. The second-order valence-corrected chi connectivity index (χ2v) is 6.51. The minimum Gasteiger partial charge on any atom is -0.508 e. The molecule has 0 aromatic heterocycles. The van der Waals surface area contributed by atoms with E-state index in [1.165, 1.54) is 5.56 Å². The molecule has 1 saturated heterocycles. The maximum atomic E-state index is 10.1. The third-order valence-corrected chi connectivity index (χ3v) is 4.78. The molecule has 26 heavy (non-hydrogen) atoms. The molecule has 1 unspecified atom stereocenters. The minimum absolute atomic E-state index is 0.244. The first-order valence-corrected chi connectivity index (χ1v) is 9.15. The number of nitrogens with one attached hydrogen (secondary N) is 1. The van der Waals surface area contributed by atoms with Crippen LogP contribution < -0.4 is 10.1 Å². The van der Waals surface area contributed by atoms with Crippen LogP contribution in [0, 0.1) is 0 Å². The number of aromatic hydroxyl groups is 1. The summed E-state index contributed by atoms with van der Waals surface area (Å²) in [5.41, 5.74) is 2.15. The standard InChI is InChI=1S/C21H27N3O2/c1-3-22-21(23-14-18-13-19(26-2)9-10-20(18)25)24-12-11-17(15-24)16-7-5-4-6-8-16/h4-10,13,17,25H,3,11-12,14-15H2,1-2H3,(H,22,23). The van der Waals surface area contributed by atoms with Gasteiger partial charge >= 0.3 is 0 Å². The van der Waals surface area contributed by atoms with Gasteiger partial charge in [0, 0.05) is 31.1 Å². The predicted molar refractivity (Wildman–Crippen MR) is 105 cm³/mol. The van der Waals surface area contributed by atoms with Gasteiger partial charge in [-0.1, -0.05) is 30.3 Å². The average Bonchev–Trinajstić information content (AvgIpc) is 3.17.